The third-order valence-corrected chi connectivity index (χ3v) is 4.22. The summed E-state index contributed by atoms with van der Waals surface area (Å²) in [6, 6.07) is 6.65. The summed E-state index contributed by atoms with van der Waals surface area (Å²) in [4.78, 5) is 26.1. The lowest BCUT2D eigenvalue weighted by molar-refractivity contribution is -0.128. The molecule has 0 spiro atoms. The monoisotopic (exact) mass is 334 g/mol. The summed E-state index contributed by atoms with van der Waals surface area (Å²) in [5, 5.41) is 21.6. The average molecular weight is 334 g/mol. The van der Waals surface area contributed by atoms with Gasteiger partial charge in [-0.15, -0.1) is 0 Å². The molecule has 1 aliphatic rings. The van der Waals surface area contributed by atoms with Crippen molar-refractivity contribution in [3.63, 3.8) is 0 Å². The molecule has 2 rings (SSSR count). The molecule has 0 bridgehead atoms. The maximum absolute atomic E-state index is 12.7. The Labute approximate surface area is 142 Å². The number of aryl methyl sites for hydroxylation is 1. The van der Waals surface area contributed by atoms with Crippen LogP contribution in [-0.2, 0) is 11.2 Å². The number of nitrogens with one attached hydrogen (secondary N) is 1. The van der Waals surface area contributed by atoms with Gasteiger partial charge in [-0.3, -0.25) is 9.59 Å². The van der Waals surface area contributed by atoms with Gasteiger partial charge in [0.2, 0.25) is 5.91 Å². The predicted molar refractivity (Wildman–Crippen MR) is 90.6 cm³/mol. The second-order valence-electron chi connectivity index (χ2n) is 6.83. The Bertz CT molecular complexity index is 578. The van der Waals surface area contributed by atoms with Crippen molar-refractivity contribution in [2.24, 2.45) is 0 Å². The highest BCUT2D eigenvalue weighted by Crippen LogP contribution is 2.17. The van der Waals surface area contributed by atoms with E-state index in [1.807, 2.05) is 12.1 Å². The van der Waals surface area contributed by atoms with Crippen molar-refractivity contribution in [1.29, 1.82) is 0 Å². The van der Waals surface area contributed by atoms with Crippen LogP contribution in [0.2, 0.25) is 0 Å². The number of aliphatic hydroxyl groups is 2. The molecule has 1 saturated heterocycles. The van der Waals surface area contributed by atoms with Gasteiger partial charge in [-0.1, -0.05) is 12.1 Å². The molecule has 2 amide bonds. The Morgan fingerprint density at radius 2 is 2.00 bits per heavy atom. The summed E-state index contributed by atoms with van der Waals surface area (Å²) < 4.78 is 0. The molecule has 0 aliphatic carbocycles. The van der Waals surface area contributed by atoms with Crippen LogP contribution in [-0.4, -0.2) is 58.3 Å². The minimum atomic E-state index is -0.715. The first-order chi connectivity index (χ1) is 11.3. The fourth-order valence-corrected chi connectivity index (χ4v) is 2.80. The Morgan fingerprint density at radius 3 is 2.58 bits per heavy atom. The highest BCUT2D eigenvalue weighted by Gasteiger charge is 2.32. The van der Waals surface area contributed by atoms with Crippen LogP contribution < -0.4 is 5.32 Å². The first-order valence-corrected chi connectivity index (χ1v) is 8.33. The smallest absolute Gasteiger partial charge is 0.254 e. The molecule has 0 saturated carbocycles. The largest absolute Gasteiger partial charge is 0.396 e. The summed E-state index contributed by atoms with van der Waals surface area (Å²) in [5.74, 6) is -0.414. The van der Waals surface area contributed by atoms with Crippen molar-refractivity contribution >= 4 is 11.8 Å². The Hall–Kier alpha value is -1.92. The Balaban J connectivity index is 2.07. The van der Waals surface area contributed by atoms with Gasteiger partial charge in [0.05, 0.1) is 5.60 Å². The Kier molecular flexibility index (Phi) is 5.96. The molecule has 24 heavy (non-hydrogen) atoms. The van der Waals surface area contributed by atoms with Crippen LogP contribution in [0.3, 0.4) is 0 Å². The first kappa shape index (κ1) is 18.4. The Morgan fingerprint density at radius 1 is 1.33 bits per heavy atom. The number of benzene rings is 1. The van der Waals surface area contributed by atoms with Crippen LogP contribution >= 0.6 is 0 Å². The van der Waals surface area contributed by atoms with Gasteiger partial charge in [-0.05, 0) is 50.8 Å². The van der Waals surface area contributed by atoms with Crippen molar-refractivity contribution in [2.45, 2.75) is 44.8 Å². The predicted octanol–water partition coefficient (Wildman–Crippen LogP) is 0.713. The maximum Gasteiger partial charge on any atom is 0.254 e. The minimum absolute atomic E-state index is 0.141. The standard InChI is InChI=1S/C18H26N2O4/c1-18(2,24)9-7-13-3-5-14(6-4-13)17(23)20-11-10-19-16(22)15(20)8-12-21/h3-6,15,21,24H,7-12H2,1-2H3,(H,19,22). The van der Waals surface area contributed by atoms with Gasteiger partial charge in [0, 0.05) is 25.3 Å². The van der Waals surface area contributed by atoms with Crippen molar-refractivity contribution in [3.8, 4) is 0 Å². The van der Waals surface area contributed by atoms with E-state index in [2.05, 4.69) is 5.32 Å². The summed E-state index contributed by atoms with van der Waals surface area (Å²) in [6.07, 6.45) is 1.61. The van der Waals surface area contributed by atoms with Gasteiger partial charge >= 0.3 is 0 Å². The SMILES string of the molecule is CC(C)(O)CCc1ccc(C(=O)N2CCNC(=O)C2CCO)cc1. The van der Waals surface area contributed by atoms with E-state index < -0.39 is 11.6 Å². The molecule has 1 aromatic carbocycles. The van der Waals surface area contributed by atoms with Crippen LogP contribution in [0.15, 0.2) is 24.3 Å². The lowest BCUT2D eigenvalue weighted by atomic mass is 9.98. The molecule has 1 atom stereocenters. The summed E-state index contributed by atoms with van der Waals surface area (Å²) in [7, 11) is 0. The molecule has 132 valence electrons. The zero-order valence-corrected chi connectivity index (χ0v) is 14.3. The second-order valence-corrected chi connectivity index (χ2v) is 6.83. The molecular weight excluding hydrogens is 308 g/mol. The fourth-order valence-electron chi connectivity index (χ4n) is 2.80. The summed E-state index contributed by atoms with van der Waals surface area (Å²) >= 11 is 0. The summed E-state index contributed by atoms with van der Waals surface area (Å²) in [5.41, 5.74) is 0.865. The van der Waals surface area contributed by atoms with E-state index in [9.17, 15) is 14.7 Å². The molecule has 6 nitrogen and oxygen atoms in total. The first-order valence-electron chi connectivity index (χ1n) is 8.33. The lowest BCUT2D eigenvalue weighted by Crippen LogP contribution is -2.57. The van der Waals surface area contributed by atoms with Crippen LogP contribution in [0, 0.1) is 0 Å². The normalized spacial score (nSPS) is 18.4. The number of nitrogens with zero attached hydrogens (tertiary/aromatic N) is 1. The molecule has 0 aromatic heterocycles. The van der Waals surface area contributed by atoms with E-state index in [1.54, 1.807) is 26.0 Å². The van der Waals surface area contributed by atoms with Gasteiger partial charge in [0.15, 0.2) is 0 Å². The molecular formula is C18H26N2O4. The van der Waals surface area contributed by atoms with Crippen LogP contribution in [0.5, 0.6) is 0 Å². The highest BCUT2D eigenvalue weighted by atomic mass is 16.3. The van der Waals surface area contributed by atoms with Gasteiger partial charge in [0.25, 0.3) is 5.91 Å². The number of carbonyl (C=O) groups is 2. The third-order valence-electron chi connectivity index (χ3n) is 4.22. The highest BCUT2D eigenvalue weighted by molar-refractivity contribution is 5.98. The fraction of sp³-hybridized carbons (Fsp3) is 0.556. The van der Waals surface area contributed by atoms with Crippen LogP contribution in [0.4, 0.5) is 0 Å². The molecule has 1 heterocycles. The molecule has 1 unspecified atom stereocenters. The second kappa shape index (κ2) is 7.77. The van der Waals surface area contributed by atoms with E-state index in [-0.39, 0.29) is 24.8 Å². The molecule has 3 N–H and O–H groups in total. The van der Waals surface area contributed by atoms with E-state index in [1.165, 1.54) is 4.90 Å². The van der Waals surface area contributed by atoms with Crippen LogP contribution in [0.25, 0.3) is 0 Å². The topological polar surface area (TPSA) is 89.9 Å². The molecule has 0 radical (unpaired) electrons. The number of piperazine rings is 1. The third kappa shape index (κ3) is 4.79. The van der Waals surface area contributed by atoms with Crippen molar-refractivity contribution in [3.05, 3.63) is 35.4 Å². The van der Waals surface area contributed by atoms with Gasteiger partial charge in [-0.25, -0.2) is 0 Å². The van der Waals surface area contributed by atoms with Gasteiger partial charge < -0.3 is 20.4 Å². The number of carbonyl (C=O) groups excluding carboxylic acids is 2. The average Bonchev–Trinajstić information content (AvgIpc) is 2.54. The molecule has 1 fully saturated rings. The zero-order chi connectivity index (χ0) is 17.7. The molecule has 1 aliphatic heterocycles. The minimum Gasteiger partial charge on any atom is -0.396 e. The number of aliphatic hydroxyl groups excluding tert-OH is 1. The number of hydrogen-bond acceptors (Lipinski definition) is 4. The van der Waals surface area contributed by atoms with Gasteiger partial charge in [-0.2, -0.15) is 0 Å². The van der Waals surface area contributed by atoms with E-state index in [4.69, 9.17) is 5.11 Å². The van der Waals surface area contributed by atoms with E-state index in [0.29, 0.717) is 25.1 Å². The number of rotatable bonds is 6. The molecule has 6 heteroatoms. The van der Waals surface area contributed by atoms with Crippen molar-refractivity contribution < 1.29 is 19.8 Å². The molecule has 1 aromatic rings. The van der Waals surface area contributed by atoms with E-state index in [0.717, 1.165) is 12.0 Å². The summed E-state index contributed by atoms with van der Waals surface area (Å²) in [6.45, 7) is 4.27. The maximum atomic E-state index is 12.7. The van der Waals surface area contributed by atoms with Crippen molar-refractivity contribution in [2.75, 3.05) is 19.7 Å². The van der Waals surface area contributed by atoms with E-state index >= 15 is 0 Å². The van der Waals surface area contributed by atoms with Gasteiger partial charge in [0.1, 0.15) is 6.04 Å². The zero-order valence-electron chi connectivity index (χ0n) is 14.3. The quantitative estimate of drug-likeness (QED) is 0.715. The number of amides is 2. The van der Waals surface area contributed by atoms with Crippen molar-refractivity contribution in [1.82, 2.24) is 10.2 Å². The number of hydrogen-bond donors (Lipinski definition) is 3. The lowest BCUT2D eigenvalue weighted by Gasteiger charge is -2.34. The van der Waals surface area contributed by atoms with Crippen LogP contribution in [0.1, 0.15) is 42.6 Å².